The summed E-state index contributed by atoms with van der Waals surface area (Å²) in [5.74, 6) is 3.96. The summed E-state index contributed by atoms with van der Waals surface area (Å²) in [6, 6.07) is 13.9. The highest BCUT2D eigenvalue weighted by molar-refractivity contribution is 9.07. The highest BCUT2D eigenvalue weighted by Gasteiger charge is 2.72. The fourth-order valence-electron chi connectivity index (χ4n) is 9.20. The Labute approximate surface area is 245 Å². The van der Waals surface area contributed by atoms with Gasteiger partial charge in [0.1, 0.15) is 5.75 Å². The number of hydrogen-bond acceptors (Lipinski definition) is 4. The zero-order valence-corrected chi connectivity index (χ0v) is 26.8. The van der Waals surface area contributed by atoms with Gasteiger partial charge in [-0.25, -0.2) is 3.93 Å². The fraction of sp³-hybridized carbons (Fsp3) is 0.647. The van der Waals surface area contributed by atoms with E-state index < -0.39 is 0 Å². The van der Waals surface area contributed by atoms with Crippen molar-refractivity contribution < 1.29 is 9.47 Å². The molecule has 5 heteroatoms. The topological polar surface area (TPSA) is 24.9 Å². The highest BCUT2D eigenvalue weighted by atomic mass is 79.9. The van der Waals surface area contributed by atoms with Gasteiger partial charge in [0.15, 0.2) is 11.5 Å². The van der Waals surface area contributed by atoms with Crippen molar-refractivity contribution in [3.05, 3.63) is 53.1 Å². The molecule has 2 saturated carbocycles. The Balaban J connectivity index is 1.76. The largest absolute Gasteiger partial charge is 0.493 e. The van der Waals surface area contributed by atoms with Crippen LogP contribution in [0.15, 0.2) is 36.4 Å². The van der Waals surface area contributed by atoms with Crippen LogP contribution in [-0.4, -0.2) is 48.2 Å². The molecule has 214 valence electrons. The van der Waals surface area contributed by atoms with Crippen molar-refractivity contribution >= 4 is 16.1 Å². The van der Waals surface area contributed by atoms with Crippen molar-refractivity contribution in [3.8, 4) is 17.2 Å². The second-order valence-electron chi connectivity index (χ2n) is 12.6. The Morgan fingerprint density at radius 3 is 2.51 bits per heavy atom. The minimum Gasteiger partial charge on any atom is -0.493 e. The molecule has 2 bridgehead atoms. The lowest BCUT2D eigenvalue weighted by Gasteiger charge is -2.62. The summed E-state index contributed by atoms with van der Waals surface area (Å²) >= 11 is 3.90. The van der Waals surface area contributed by atoms with Crippen LogP contribution in [0.25, 0.3) is 0 Å². The Morgan fingerprint density at radius 2 is 1.87 bits per heavy atom. The SMILES string of the molecule is CCCCN1CCC2(c3c(CC)ccc(OC)c3Oc3ccc(C)cc3)C(C(C)N(C)Br)C3CCC2(C3)C1C. The van der Waals surface area contributed by atoms with Gasteiger partial charge in [-0.05, 0) is 120 Å². The van der Waals surface area contributed by atoms with Crippen LogP contribution in [0.1, 0.15) is 82.9 Å². The van der Waals surface area contributed by atoms with E-state index in [1.54, 1.807) is 7.11 Å². The normalized spacial score (nSPS) is 30.9. The lowest BCUT2D eigenvalue weighted by Crippen LogP contribution is -2.64. The number of ether oxygens (including phenoxy) is 2. The van der Waals surface area contributed by atoms with Crippen molar-refractivity contribution in [1.29, 1.82) is 0 Å². The lowest BCUT2D eigenvalue weighted by atomic mass is 9.48. The van der Waals surface area contributed by atoms with E-state index in [0.29, 0.717) is 18.0 Å². The van der Waals surface area contributed by atoms with Crippen molar-refractivity contribution in [2.45, 2.75) is 97.1 Å². The molecule has 3 fully saturated rings. The van der Waals surface area contributed by atoms with Gasteiger partial charge in [-0.3, -0.25) is 0 Å². The van der Waals surface area contributed by atoms with Gasteiger partial charge in [0.05, 0.1) is 7.11 Å². The second-order valence-corrected chi connectivity index (χ2v) is 13.8. The molecule has 5 rings (SSSR count). The molecule has 1 aliphatic heterocycles. The summed E-state index contributed by atoms with van der Waals surface area (Å²) in [7, 11) is 4.00. The first-order valence-electron chi connectivity index (χ1n) is 15.3. The summed E-state index contributed by atoms with van der Waals surface area (Å²) in [6.07, 6.45) is 8.66. The summed E-state index contributed by atoms with van der Waals surface area (Å²) in [5.41, 5.74) is 4.37. The zero-order chi connectivity index (χ0) is 27.9. The summed E-state index contributed by atoms with van der Waals surface area (Å²) < 4.78 is 15.3. The molecule has 39 heavy (non-hydrogen) atoms. The maximum absolute atomic E-state index is 6.94. The molecule has 0 N–H and O–H groups in total. The van der Waals surface area contributed by atoms with Crippen LogP contribution in [0.5, 0.6) is 17.2 Å². The Hall–Kier alpha value is -1.56. The Kier molecular flexibility index (Phi) is 8.44. The number of likely N-dealkylation sites (tertiary alicyclic amines) is 1. The molecule has 1 heterocycles. The van der Waals surface area contributed by atoms with Crippen LogP contribution in [0.2, 0.25) is 0 Å². The maximum Gasteiger partial charge on any atom is 0.173 e. The van der Waals surface area contributed by atoms with E-state index in [2.05, 4.69) is 103 Å². The molecular formula is C34H49BrN2O2. The van der Waals surface area contributed by atoms with Crippen LogP contribution in [0.3, 0.4) is 0 Å². The van der Waals surface area contributed by atoms with Gasteiger partial charge in [0.2, 0.25) is 0 Å². The standard InChI is InChI=1S/C34H49BrN2O2/c1-8-10-20-37-21-19-34(30(24(4)36(6)35)27-17-18-33(34,22-27)25(37)5)31-26(9-2)13-16-29(38-7)32(31)39-28-14-11-23(3)12-15-28/h11-16,24-25,27,30H,8-10,17-22H2,1-7H3. The first-order valence-corrected chi connectivity index (χ1v) is 16.0. The van der Waals surface area contributed by atoms with Crippen LogP contribution >= 0.6 is 16.1 Å². The van der Waals surface area contributed by atoms with Crippen LogP contribution in [0.4, 0.5) is 0 Å². The maximum atomic E-state index is 6.94. The number of fused-ring (bicyclic) bond motifs is 1. The van der Waals surface area contributed by atoms with Gasteiger partial charge in [0, 0.05) is 39.2 Å². The molecular weight excluding hydrogens is 548 g/mol. The lowest BCUT2D eigenvalue weighted by molar-refractivity contribution is -0.0677. The van der Waals surface area contributed by atoms with Gasteiger partial charge in [-0.1, -0.05) is 44.0 Å². The van der Waals surface area contributed by atoms with E-state index in [1.807, 2.05) is 0 Å². The molecule has 1 spiro atoms. The van der Waals surface area contributed by atoms with E-state index in [1.165, 1.54) is 61.8 Å². The van der Waals surface area contributed by atoms with Gasteiger partial charge >= 0.3 is 0 Å². The molecule has 3 aliphatic rings. The smallest absolute Gasteiger partial charge is 0.173 e. The van der Waals surface area contributed by atoms with Crippen molar-refractivity contribution in [2.24, 2.45) is 17.3 Å². The fourth-order valence-corrected chi connectivity index (χ4v) is 9.46. The molecule has 0 aromatic heterocycles. The average molecular weight is 598 g/mol. The molecule has 2 aromatic rings. The third-order valence-electron chi connectivity index (χ3n) is 11.1. The van der Waals surface area contributed by atoms with Gasteiger partial charge in [-0.15, -0.1) is 0 Å². The molecule has 0 amide bonds. The predicted octanol–water partition coefficient (Wildman–Crippen LogP) is 8.54. The van der Waals surface area contributed by atoms with Gasteiger partial charge in [0.25, 0.3) is 0 Å². The van der Waals surface area contributed by atoms with Crippen molar-refractivity contribution in [2.75, 3.05) is 27.2 Å². The number of aryl methyl sites for hydroxylation is 2. The number of methoxy groups -OCH3 is 1. The van der Waals surface area contributed by atoms with E-state index in [9.17, 15) is 0 Å². The van der Waals surface area contributed by atoms with E-state index >= 15 is 0 Å². The first kappa shape index (κ1) is 29.0. The third-order valence-corrected chi connectivity index (χ3v) is 11.7. The Morgan fingerprint density at radius 1 is 1.13 bits per heavy atom. The number of piperidine rings is 1. The van der Waals surface area contributed by atoms with Gasteiger partial charge in [-0.2, -0.15) is 0 Å². The molecule has 2 aromatic carbocycles. The molecule has 4 nitrogen and oxygen atoms in total. The average Bonchev–Trinajstić information content (AvgIpc) is 3.50. The highest BCUT2D eigenvalue weighted by Crippen LogP contribution is 2.75. The minimum absolute atomic E-state index is 0.0272. The number of unbranched alkanes of at least 4 members (excludes halogenated alkanes) is 1. The van der Waals surface area contributed by atoms with E-state index in [4.69, 9.17) is 9.47 Å². The number of nitrogens with zero attached hydrogens (tertiary/aromatic N) is 2. The molecule has 2 aliphatic carbocycles. The number of benzene rings is 2. The summed E-state index contributed by atoms with van der Waals surface area (Å²) in [4.78, 5) is 2.83. The Bertz CT molecular complexity index is 1150. The summed E-state index contributed by atoms with van der Waals surface area (Å²) in [6.45, 7) is 14.1. The molecule has 6 atom stereocenters. The number of rotatable bonds is 10. The zero-order valence-electron chi connectivity index (χ0n) is 25.2. The molecule has 6 unspecified atom stereocenters. The third kappa shape index (κ3) is 4.55. The molecule has 1 saturated heterocycles. The first-order chi connectivity index (χ1) is 18.7. The summed E-state index contributed by atoms with van der Waals surface area (Å²) in [5, 5.41) is 0. The predicted molar refractivity (Wildman–Crippen MR) is 165 cm³/mol. The van der Waals surface area contributed by atoms with E-state index in [0.717, 1.165) is 36.1 Å². The van der Waals surface area contributed by atoms with Crippen LogP contribution in [0, 0.1) is 24.2 Å². The minimum atomic E-state index is 0.0272. The van der Waals surface area contributed by atoms with E-state index in [-0.39, 0.29) is 10.8 Å². The van der Waals surface area contributed by atoms with Crippen LogP contribution in [-0.2, 0) is 11.8 Å². The monoisotopic (exact) mass is 596 g/mol. The van der Waals surface area contributed by atoms with Gasteiger partial charge < -0.3 is 14.4 Å². The quantitative estimate of drug-likeness (QED) is 0.256. The number of halogens is 1. The van der Waals surface area contributed by atoms with Crippen molar-refractivity contribution in [3.63, 3.8) is 0 Å². The second kappa shape index (κ2) is 11.4. The van der Waals surface area contributed by atoms with Crippen LogP contribution < -0.4 is 9.47 Å². The number of hydrogen-bond donors (Lipinski definition) is 0. The van der Waals surface area contributed by atoms with Crippen molar-refractivity contribution in [1.82, 2.24) is 8.83 Å². The molecule has 0 radical (unpaired) electrons.